The summed E-state index contributed by atoms with van der Waals surface area (Å²) in [6, 6.07) is 4.13. The lowest BCUT2D eigenvalue weighted by Crippen LogP contribution is -1.89. The van der Waals surface area contributed by atoms with E-state index in [0.29, 0.717) is 0 Å². The molecule has 0 unspecified atom stereocenters. The molecule has 2 rings (SSSR count). The SMILES string of the molecule is CC1=NC=C(c2ccc(C)nc2)C1. The van der Waals surface area contributed by atoms with Gasteiger partial charge in [0.2, 0.25) is 0 Å². The van der Waals surface area contributed by atoms with Gasteiger partial charge in [-0.2, -0.15) is 0 Å². The van der Waals surface area contributed by atoms with E-state index >= 15 is 0 Å². The zero-order valence-electron chi connectivity index (χ0n) is 7.91. The Morgan fingerprint density at radius 2 is 2.08 bits per heavy atom. The summed E-state index contributed by atoms with van der Waals surface area (Å²) >= 11 is 0. The van der Waals surface area contributed by atoms with Gasteiger partial charge in [0, 0.05) is 30.2 Å². The fourth-order valence-corrected chi connectivity index (χ4v) is 1.39. The zero-order valence-corrected chi connectivity index (χ0v) is 7.91. The summed E-state index contributed by atoms with van der Waals surface area (Å²) in [5, 5.41) is 0. The molecule has 1 aromatic rings. The number of allylic oxidation sites excluding steroid dienone is 1. The fraction of sp³-hybridized carbons (Fsp3) is 0.273. The van der Waals surface area contributed by atoms with E-state index in [4.69, 9.17) is 0 Å². The van der Waals surface area contributed by atoms with Crippen LogP contribution in [0.5, 0.6) is 0 Å². The number of hydrogen-bond donors (Lipinski definition) is 0. The first kappa shape index (κ1) is 8.17. The Morgan fingerprint density at radius 3 is 2.62 bits per heavy atom. The van der Waals surface area contributed by atoms with E-state index in [1.165, 1.54) is 16.8 Å². The largest absolute Gasteiger partial charge is 0.265 e. The topological polar surface area (TPSA) is 25.2 Å². The van der Waals surface area contributed by atoms with Crippen LogP contribution >= 0.6 is 0 Å². The molecule has 0 amide bonds. The van der Waals surface area contributed by atoms with Crippen LogP contribution in [0.1, 0.15) is 24.6 Å². The molecule has 0 fully saturated rings. The molecule has 0 radical (unpaired) electrons. The Morgan fingerprint density at radius 1 is 1.23 bits per heavy atom. The van der Waals surface area contributed by atoms with Crippen LogP contribution in [0.2, 0.25) is 0 Å². The molecule has 1 aliphatic rings. The van der Waals surface area contributed by atoms with Gasteiger partial charge in [-0.05, 0) is 31.1 Å². The van der Waals surface area contributed by atoms with E-state index in [9.17, 15) is 0 Å². The van der Waals surface area contributed by atoms with E-state index in [2.05, 4.69) is 16.0 Å². The van der Waals surface area contributed by atoms with Gasteiger partial charge >= 0.3 is 0 Å². The van der Waals surface area contributed by atoms with Gasteiger partial charge in [-0.25, -0.2) is 0 Å². The van der Waals surface area contributed by atoms with Crippen LogP contribution in [0.4, 0.5) is 0 Å². The highest BCUT2D eigenvalue weighted by molar-refractivity contribution is 5.96. The van der Waals surface area contributed by atoms with Crippen molar-refractivity contribution in [3.05, 3.63) is 35.8 Å². The predicted molar refractivity (Wildman–Crippen MR) is 54.7 cm³/mol. The highest BCUT2D eigenvalue weighted by Crippen LogP contribution is 2.22. The van der Waals surface area contributed by atoms with E-state index < -0.39 is 0 Å². The lowest BCUT2D eigenvalue weighted by molar-refractivity contribution is 1.19. The van der Waals surface area contributed by atoms with Crippen molar-refractivity contribution in [2.45, 2.75) is 20.3 Å². The average molecular weight is 172 g/mol. The summed E-state index contributed by atoms with van der Waals surface area (Å²) in [7, 11) is 0. The molecule has 0 N–H and O–H groups in total. The summed E-state index contributed by atoms with van der Waals surface area (Å²) in [6.07, 6.45) is 4.81. The molecule has 0 bridgehead atoms. The van der Waals surface area contributed by atoms with Crippen molar-refractivity contribution in [3.63, 3.8) is 0 Å². The normalized spacial score (nSPS) is 15.5. The molecule has 0 saturated carbocycles. The summed E-state index contributed by atoms with van der Waals surface area (Å²) in [5.41, 5.74) is 4.69. The molecule has 1 aliphatic heterocycles. The fourth-order valence-electron chi connectivity index (χ4n) is 1.39. The molecule has 2 heterocycles. The number of pyridine rings is 1. The second-order valence-electron chi connectivity index (χ2n) is 3.38. The minimum atomic E-state index is 0.963. The molecule has 0 atom stereocenters. The second-order valence-corrected chi connectivity index (χ2v) is 3.38. The van der Waals surface area contributed by atoms with Crippen molar-refractivity contribution in [3.8, 4) is 0 Å². The second kappa shape index (κ2) is 3.13. The molecule has 13 heavy (non-hydrogen) atoms. The van der Waals surface area contributed by atoms with Crippen LogP contribution in [0, 0.1) is 6.92 Å². The molecular formula is C11H12N2. The summed E-state index contributed by atoms with van der Waals surface area (Å²) in [5.74, 6) is 0. The number of hydrogen-bond acceptors (Lipinski definition) is 2. The van der Waals surface area contributed by atoms with Crippen molar-refractivity contribution in [1.29, 1.82) is 0 Å². The number of aromatic nitrogens is 1. The maximum absolute atomic E-state index is 4.26. The Balaban J connectivity index is 2.24. The Labute approximate surface area is 78.0 Å². The molecule has 66 valence electrons. The third-order valence-electron chi connectivity index (χ3n) is 2.17. The van der Waals surface area contributed by atoms with Gasteiger partial charge in [-0.1, -0.05) is 6.07 Å². The first-order chi connectivity index (χ1) is 6.25. The zero-order chi connectivity index (χ0) is 9.26. The molecule has 2 heteroatoms. The number of aryl methyl sites for hydroxylation is 1. The van der Waals surface area contributed by atoms with Crippen molar-refractivity contribution in [2.75, 3.05) is 0 Å². The van der Waals surface area contributed by atoms with Crippen molar-refractivity contribution in [1.82, 2.24) is 4.98 Å². The number of nitrogens with zero attached hydrogens (tertiary/aromatic N) is 2. The van der Waals surface area contributed by atoms with Gasteiger partial charge in [0.15, 0.2) is 0 Å². The Kier molecular flexibility index (Phi) is 1.97. The monoisotopic (exact) mass is 172 g/mol. The Hall–Kier alpha value is -1.44. The molecular weight excluding hydrogens is 160 g/mol. The summed E-state index contributed by atoms with van der Waals surface area (Å²) in [4.78, 5) is 8.50. The first-order valence-electron chi connectivity index (χ1n) is 4.41. The average Bonchev–Trinajstić information content (AvgIpc) is 2.53. The minimum Gasteiger partial charge on any atom is -0.265 e. The summed E-state index contributed by atoms with van der Waals surface area (Å²) in [6.45, 7) is 4.04. The van der Waals surface area contributed by atoms with E-state index in [-0.39, 0.29) is 0 Å². The summed E-state index contributed by atoms with van der Waals surface area (Å²) < 4.78 is 0. The van der Waals surface area contributed by atoms with Crippen LogP contribution in [-0.2, 0) is 0 Å². The van der Waals surface area contributed by atoms with Gasteiger partial charge in [-0.15, -0.1) is 0 Å². The standard InChI is InChI=1S/C11H12N2/c1-8-3-4-10(6-12-8)11-5-9(2)13-7-11/h3-4,6-7H,5H2,1-2H3. The molecule has 0 aromatic carbocycles. The Bertz CT molecular complexity index is 372. The lowest BCUT2D eigenvalue weighted by Gasteiger charge is -2.00. The van der Waals surface area contributed by atoms with Gasteiger partial charge in [-0.3, -0.25) is 9.98 Å². The van der Waals surface area contributed by atoms with Gasteiger partial charge in [0.1, 0.15) is 0 Å². The van der Waals surface area contributed by atoms with Crippen molar-refractivity contribution < 1.29 is 0 Å². The van der Waals surface area contributed by atoms with Crippen LogP contribution in [0.3, 0.4) is 0 Å². The predicted octanol–water partition coefficient (Wildman–Crippen LogP) is 2.60. The maximum Gasteiger partial charge on any atom is 0.0373 e. The van der Waals surface area contributed by atoms with E-state index in [0.717, 1.165) is 12.1 Å². The first-order valence-corrected chi connectivity index (χ1v) is 4.41. The van der Waals surface area contributed by atoms with Crippen LogP contribution in [0.25, 0.3) is 5.57 Å². The smallest absolute Gasteiger partial charge is 0.0373 e. The van der Waals surface area contributed by atoms with E-state index in [1.807, 2.05) is 32.3 Å². The molecule has 0 aliphatic carbocycles. The highest BCUT2D eigenvalue weighted by atomic mass is 14.7. The van der Waals surface area contributed by atoms with Crippen molar-refractivity contribution >= 4 is 11.3 Å². The molecule has 1 aromatic heterocycles. The van der Waals surface area contributed by atoms with E-state index in [1.54, 1.807) is 0 Å². The van der Waals surface area contributed by atoms with Crippen LogP contribution in [-0.4, -0.2) is 10.7 Å². The molecule has 0 spiro atoms. The highest BCUT2D eigenvalue weighted by Gasteiger charge is 2.08. The van der Waals surface area contributed by atoms with Crippen LogP contribution in [0.15, 0.2) is 29.5 Å². The van der Waals surface area contributed by atoms with Gasteiger partial charge in [0.05, 0.1) is 0 Å². The minimum absolute atomic E-state index is 0.963. The maximum atomic E-state index is 4.26. The third-order valence-corrected chi connectivity index (χ3v) is 2.17. The quantitative estimate of drug-likeness (QED) is 0.639. The van der Waals surface area contributed by atoms with Crippen LogP contribution < -0.4 is 0 Å². The number of aliphatic imine (C=N–C) groups is 1. The van der Waals surface area contributed by atoms with Gasteiger partial charge in [0.25, 0.3) is 0 Å². The third kappa shape index (κ3) is 1.66. The molecule has 2 nitrogen and oxygen atoms in total. The lowest BCUT2D eigenvalue weighted by atomic mass is 10.1. The molecule has 0 saturated heterocycles. The number of rotatable bonds is 1. The van der Waals surface area contributed by atoms with Crippen molar-refractivity contribution in [2.24, 2.45) is 4.99 Å². The van der Waals surface area contributed by atoms with Gasteiger partial charge < -0.3 is 0 Å².